The Balaban J connectivity index is 0.00000729. The molecular formula is C20H42IN5O2. The van der Waals surface area contributed by atoms with E-state index in [0.717, 1.165) is 38.4 Å². The number of rotatable bonds is 7. The standard InChI is InChI=1S/C20H41N5O2.HI/c1-8-21-18(23-17-10-13-25(14-11-17)16(3)4)22-12-15-24(9-2)19(26)27-20(5,6)7;/h16-17H,8-15H2,1-7H3,(H2,21,22,23);1H. The average molecular weight is 511 g/mol. The highest BCUT2D eigenvalue weighted by Gasteiger charge is 2.22. The molecule has 0 radical (unpaired) electrons. The lowest BCUT2D eigenvalue weighted by atomic mass is 10.0. The van der Waals surface area contributed by atoms with Gasteiger partial charge in [-0.05, 0) is 61.3 Å². The van der Waals surface area contributed by atoms with Crippen molar-refractivity contribution in [1.29, 1.82) is 0 Å². The van der Waals surface area contributed by atoms with Gasteiger partial charge in [-0.1, -0.05) is 0 Å². The number of ether oxygens (including phenoxy) is 1. The lowest BCUT2D eigenvalue weighted by Crippen LogP contribution is -2.50. The van der Waals surface area contributed by atoms with E-state index < -0.39 is 5.60 Å². The second-order valence-corrected chi connectivity index (χ2v) is 8.37. The smallest absolute Gasteiger partial charge is 0.410 e. The second kappa shape index (κ2) is 13.5. The van der Waals surface area contributed by atoms with Gasteiger partial charge in [0.15, 0.2) is 5.96 Å². The molecule has 0 aromatic carbocycles. The fourth-order valence-corrected chi connectivity index (χ4v) is 3.06. The number of likely N-dealkylation sites (tertiary alicyclic amines) is 1. The van der Waals surface area contributed by atoms with Crippen LogP contribution >= 0.6 is 24.0 Å². The molecular weight excluding hydrogens is 469 g/mol. The fourth-order valence-electron chi connectivity index (χ4n) is 3.06. The molecule has 0 aromatic rings. The van der Waals surface area contributed by atoms with Crippen LogP contribution in [0.4, 0.5) is 4.79 Å². The molecule has 8 heteroatoms. The van der Waals surface area contributed by atoms with Gasteiger partial charge in [-0.15, -0.1) is 24.0 Å². The third-order valence-electron chi connectivity index (χ3n) is 4.62. The summed E-state index contributed by atoms with van der Waals surface area (Å²) in [4.78, 5) is 21.1. The zero-order valence-electron chi connectivity index (χ0n) is 18.9. The minimum absolute atomic E-state index is 0. The molecule has 1 rings (SSSR count). The Labute approximate surface area is 189 Å². The Hall–Kier alpha value is -0.770. The van der Waals surface area contributed by atoms with Crippen LogP contribution in [0.1, 0.15) is 61.3 Å². The SMILES string of the molecule is CCNC(=NCCN(CC)C(=O)OC(C)(C)C)NC1CCN(C(C)C)CC1.I. The maximum atomic E-state index is 12.2. The largest absolute Gasteiger partial charge is 0.444 e. The Morgan fingerprint density at radius 1 is 1.25 bits per heavy atom. The van der Waals surface area contributed by atoms with Gasteiger partial charge in [0.2, 0.25) is 0 Å². The number of likely N-dealkylation sites (N-methyl/N-ethyl adjacent to an activating group) is 1. The minimum Gasteiger partial charge on any atom is -0.444 e. The first-order valence-electron chi connectivity index (χ1n) is 10.4. The van der Waals surface area contributed by atoms with Crippen LogP contribution in [-0.4, -0.2) is 78.8 Å². The summed E-state index contributed by atoms with van der Waals surface area (Å²) >= 11 is 0. The van der Waals surface area contributed by atoms with Crippen molar-refractivity contribution in [3.05, 3.63) is 0 Å². The maximum absolute atomic E-state index is 12.2. The van der Waals surface area contributed by atoms with Gasteiger partial charge >= 0.3 is 6.09 Å². The van der Waals surface area contributed by atoms with E-state index in [1.54, 1.807) is 4.90 Å². The van der Waals surface area contributed by atoms with Gasteiger partial charge in [0.25, 0.3) is 0 Å². The number of carbonyl (C=O) groups excluding carboxylic acids is 1. The number of piperidine rings is 1. The molecule has 1 amide bonds. The highest BCUT2D eigenvalue weighted by Crippen LogP contribution is 2.13. The number of aliphatic imine (C=N–C) groups is 1. The molecule has 1 aliphatic heterocycles. The van der Waals surface area contributed by atoms with Crippen LogP contribution in [0.25, 0.3) is 0 Å². The van der Waals surface area contributed by atoms with E-state index in [0.29, 0.717) is 31.7 Å². The highest BCUT2D eigenvalue weighted by molar-refractivity contribution is 14.0. The van der Waals surface area contributed by atoms with E-state index in [-0.39, 0.29) is 30.1 Å². The van der Waals surface area contributed by atoms with Crippen LogP contribution < -0.4 is 10.6 Å². The van der Waals surface area contributed by atoms with Gasteiger partial charge in [-0.2, -0.15) is 0 Å². The van der Waals surface area contributed by atoms with Crippen LogP contribution in [0.5, 0.6) is 0 Å². The van der Waals surface area contributed by atoms with Crippen LogP contribution in [0.15, 0.2) is 4.99 Å². The quantitative estimate of drug-likeness (QED) is 0.312. The summed E-state index contributed by atoms with van der Waals surface area (Å²) in [6.45, 7) is 19.0. The van der Waals surface area contributed by atoms with Crippen molar-refractivity contribution < 1.29 is 9.53 Å². The summed E-state index contributed by atoms with van der Waals surface area (Å²) in [6.07, 6.45) is 1.97. The van der Waals surface area contributed by atoms with Crippen molar-refractivity contribution in [1.82, 2.24) is 20.4 Å². The predicted molar refractivity (Wildman–Crippen MR) is 128 cm³/mol. The van der Waals surface area contributed by atoms with Crippen molar-refractivity contribution in [2.75, 3.05) is 39.3 Å². The molecule has 0 bridgehead atoms. The summed E-state index contributed by atoms with van der Waals surface area (Å²) in [5.41, 5.74) is -0.477. The Bertz CT molecular complexity index is 472. The Morgan fingerprint density at radius 3 is 2.32 bits per heavy atom. The van der Waals surface area contributed by atoms with Crippen LogP contribution in [0, 0.1) is 0 Å². The maximum Gasteiger partial charge on any atom is 0.410 e. The first kappa shape index (κ1) is 27.2. The van der Waals surface area contributed by atoms with Crippen molar-refractivity contribution in [2.24, 2.45) is 4.99 Å². The van der Waals surface area contributed by atoms with Gasteiger partial charge in [0, 0.05) is 44.8 Å². The fraction of sp³-hybridized carbons (Fsp3) is 0.900. The molecule has 0 saturated carbocycles. The molecule has 28 heavy (non-hydrogen) atoms. The topological polar surface area (TPSA) is 69.2 Å². The predicted octanol–water partition coefficient (Wildman–Crippen LogP) is 3.29. The molecule has 1 saturated heterocycles. The minimum atomic E-state index is -0.477. The van der Waals surface area contributed by atoms with Gasteiger partial charge in [-0.25, -0.2) is 4.79 Å². The summed E-state index contributed by atoms with van der Waals surface area (Å²) in [6, 6.07) is 1.06. The van der Waals surface area contributed by atoms with Crippen molar-refractivity contribution in [3.63, 3.8) is 0 Å². The molecule has 0 atom stereocenters. The van der Waals surface area contributed by atoms with Gasteiger partial charge in [-0.3, -0.25) is 4.99 Å². The zero-order chi connectivity index (χ0) is 20.4. The molecule has 7 nitrogen and oxygen atoms in total. The summed E-state index contributed by atoms with van der Waals surface area (Å²) in [5.74, 6) is 0.834. The van der Waals surface area contributed by atoms with E-state index in [1.165, 1.54) is 0 Å². The molecule has 2 N–H and O–H groups in total. The molecule has 166 valence electrons. The number of guanidine groups is 1. The van der Waals surface area contributed by atoms with Gasteiger partial charge in [0.05, 0.1) is 6.54 Å². The Morgan fingerprint density at radius 2 is 1.86 bits per heavy atom. The van der Waals surface area contributed by atoms with Crippen molar-refractivity contribution in [3.8, 4) is 0 Å². The molecule has 1 aliphatic rings. The van der Waals surface area contributed by atoms with Gasteiger partial charge in [0.1, 0.15) is 5.60 Å². The number of hydrogen-bond donors (Lipinski definition) is 2. The summed E-state index contributed by atoms with van der Waals surface area (Å²) in [7, 11) is 0. The first-order chi connectivity index (χ1) is 12.7. The second-order valence-electron chi connectivity index (χ2n) is 8.37. The third-order valence-corrected chi connectivity index (χ3v) is 4.62. The van der Waals surface area contributed by atoms with E-state index in [9.17, 15) is 4.79 Å². The first-order valence-corrected chi connectivity index (χ1v) is 10.4. The normalized spacial score (nSPS) is 16.5. The number of halogens is 1. The summed E-state index contributed by atoms with van der Waals surface area (Å²) in [5, 5.41) is 6.87. The molecule has 0 unspecified atom stereocenters. The third kappa shape index (κ3) is 10.7. The Kier molecular flexibility index (Phi) is 13.1. The van der Waals surface area contributed by atoms with Gasteiger partial charge < -0.3 is 25.2 Å². The molecule has 0 spiro atoms. The van der Waals surface area contributed by atoms with Crippen molar-refractivity contribution >= 4 is 36.0 Å². The number of carbonyl (C=O) groups is 1. The lowest BCUT2D eigenvalue weighted by molar-refractivity contribution is 0.0266. The number of nitrogens with one attached hydrogen (secondary N) is 2. The van der Waals surface area contributed by atoms with E-state index in [1.807, 2.05) is 27.7 Å². The zero-order valence-corrected chi connectivity index (χ0v) is 21.2. The van der Waals surface area contributed by atoms with E-state index in [4.69, 9.17) is 4.74 Å². The van der Waals surface area contributed by atoms with E-state index in [2.05, 4.69) is 41.3 Å². The van der Waals surface area contributed by atoms with Crippen molar-refractivity contribution in [2.45, 2.75) is 79.0 Å². The monoisotopic (exact) mass is 511 g/mol. The van der Waals surface area contributed by atoms with Crippen LogP contribution in [-0.2, 0) is 4.74 Å². The highest BCUT2D eigenvalue weighted by atomic mass is 127. The molecule has 1 heterocycles. The number of nitrogens with zero attached hydrogens (tertiary/aromatic N) is 3. The molecule has 0 aliphatic carbocycles. The number of amides is 1. The lowest BCUT2D eigenvalue weighted by Gasteiger charge is -2.35. The summed E-state index contributed by atoms with van der Waals surface area (Å²) < 4.78 is 5.45. The average Bonchev–Trinajstić information content (AvgIpc) is 2.57. The molecule has 1 fully saturated rings. The van der Waals surface area contributed by atoms with E-state index >= 15 is 0 Å². The van der Waals surface area contributed by atoms with Crippen LogP contribution in [0.2, 0.25) is 0 Å². The number of hydrogen-bond acceptors (Lipinski definition) is 4. The molecule has 0 aromatic heterocycles. The van der Waals surface area contributed by atoms with Crippen LogP contribution in [0.3, 0.4) is 0 Å².